The van der Waals surface area contributed by atoms with Crippen molar-refractivity contribution in [2.45, 2.75) is 45.8 Å². The van der Waals surface area contributed by atoms with Gasteiger partial charge in [0.2, 0.25) is 0 Å². The largest absolute Gasteiger partial charge is 0.481 e. The Balaban J connectivity index is 1.75. The second kappa shape index (κ2) is 8.00. The van der Waals surface area contributed by atoms with Crippen LogP contribution >= 0.6 is 0 Å². The predicted octanol–water partition coefficient (Wildman–Crippen LogP) is 5.12. The summed E-state index contributed by atoms with van der Waals surface area (Å²) in [6.07, 6.45) is 1.22. The molecule has 0 bridgehead atoms. The fourth-order valence-corrected chi connectivity index (χ4v) is 3.85. The molecule has 0 atom stereocenters. The third-order valence-corrected chi connectivity index (χ3v) is 5.38. The van der Waals surface area contributed by atoms with E-state index in [1.54, 1.807) is 12.1 Å². The van der Waals surface area contributed by atoms with Crippen molar-refractivity contribution in [1.82, 2.24) is 9.97 Å². The molecule has 5 nitrogen and oxygen atoms in total. The van der Waals surface area contributed by atoms with Crippen LogP contribution in [0.15, 0.2) is 36.5 Å². The van der Waals surface area contributed by atoms with Crippen molar-refractivity contribution in [2.75, 3.05) is 17.2 Å². The molecule has 4 rings (SSSR count). The van der Waals surface area contributed by atoms with Crippen LogP contribution in [0.25, 0.3) is 11.3 Å². The zero-order valence-electron chi connectivity index (χ0n) is 18.4. The quantitative estimate of drug-likeness (QED) is 0.568. The van der Waals surface area contributed by atoms with Gasteiger partial charge in [0, 0.05) is 18.0 Å². The lowest BCUT2D eigenvalue weighted by Crippen LogP contribution is -2.49. The fourth-order valence-electron chi connectivity index (χ4n) is 3.85. The van der Waals surface area contributed by atoms with Gasteiger partial charge >= 0.3 is 0 Å². The molecule has 3 aromatic rings. The number of rotatable bonds is 4. The molecule has 0 saturated heterocycles. The van der Waals surface area contributed by atoms with E-state index in [2.05, 4.69) is 9.97 Å². The van der Waals surface area contributed by atoms with Crippen LogP contribution in [0.2, 0.25) is 0 Å². The Morgan fingerprint density at radius 2 is 1.84 bits per heavy atom. The summed E-state index contributed by atoms with van der Waals surface area (Å²) < 4.78 is 49.4. The van der Waals surface area contributed by atoms with Crippen LogP contribution in [0.3, 0.4) is 0 Å². The molecule has 0 unspecified atom stereocenters. The van der Waals surface area contributed by atoms with E-state index in [4.69, 9.17) is 10.5 Å². The average molecular weight is 442 g/mol. The van der Waals surface area contributed by atoms with Crippen molar-refractivity contribution in [3.8, 4) is 17.0 Å². The molecule has 0 spiro atoms. The van der Waals surface area contributed by atoms with Crippen LogP contribution in [-0.4, -0.2) is 28.2 Å². The zero-order chi connectivity index (χ0) is 23.2. The summed E-state index contributed by atoms with van der Waals surface area (Å²) in [6, 6.07) is 7.39. The number of anilines is 2. The number of nitrogens with zero attached hydrogens (tertiary/aromatic N) is 3. The first-order chi connectivity index (χ1) is 15.0. The molecule has 2 N–H and O–H groups in total. The summed E-state index contributed by atoms with van der Waals surface area (Å²) in [4.78, 5) is 10.4. The first kappa shape index (κ1) is 21.9. The molecule has 0 aliphatic carbocycles. The lowest BCUT2D eigenvalue weighted by atomic mass is 10.0. The molecule has 0 radical (unpaired) electrons. The summed E-state index contributed by atoms with van der Waals surface area (Å²) in [6.45, 7) is 8.36. The molecular weight excluding hydrogens is 417 g/mol. The van der Waals surface area contributed by atoms with Crippen LogP contribution in [-0.2, 0) is 6.42 Å². The predicted molar refractivity (Wildman–Crippen MR) is 118 cm³/mol. The summed E-state index contributed by atoms with van der Waals surface area (Å²) in [5.74, 6) is -1.38. The lowest BCUT2D eigenvalue weighted by Gasteiger charge is -2.43. The Kier molecular flexibility index (Phi) is 5.48. The van der Waals surface area contributed by atoms with E-state index in [1.807, 2.05) is 32.6 Å². The zero-order valence-corrected chi connectivity index (χ0v) is 18.4. The first-order valence-electron chi connectivity index (χ1n) is 10.4. The smallest absolute Gasteiger partial charge is 0.179 e. The number of ether oxygens (including phenoxy) is 1. The third-order valence-electron chi connectivity index (χ3n) is 5.38. The van der Waals surface area contributed by atoms with E-state index < -0.39 is 23.1 Å². The second-order valence-corrected chi connectivity index (χ2v) is 8.91. The van der Waals surface area contributed by atoms with Gasteiger partial charge in [0.1, 0.15) is 22.9 Å². The van der Waals surface area contributed by atoms with Gasteiger partial charge < -0.3 is 15.4 Å². The number of nitrogen functional groups attached to an aromatic ring is 1. The monoisotopic (exact) mass is 442 g/mol. The summed E-state index contributed by atoms with van der Waals surface area (Å²) in [5.41, 5.74) is 6.38. The van der Waals surface area contributed by atoms with Gasteiger partial charge in [0.15, 0.2) is 17.4 Å². The SMILES string of the molecule is CC(C)N1CC(C)(C)Oc2c(F)cc(-c3nc(Cc4ccc(N)c(F)c4)ncc3F)cc21. The van der Waals surface area contributed by atoms with Crippen molar-refractivity contribution in [3.05, 3.63) is 65.4 Å². The number of aromatic nitrogens is 2. The van der Waals surface area contributed by atoms with Crippen LogP contribution < -0.4 is 15.4 Å². The molecular formula is C24H25F3N4O. The Bertz CT molecular complexity index is 1180. The highest BCUT2D eigenvalue weighted by Crippen LogP contribution is 2.42. The fraction of sp³-hybridized carbons (Fsp3) is 0.333. The molecule has 1 aliphatic rings. The van der Waals surface area contributed by atoms with Crippen LogP contribution in [0.5, 0.6) is 5.75 Å². The molecule has 0 amide bonds. The number of halogens is 3. The normalized spacial score (nSPS) is 14.9. The molecule has 0 saturated carbocycles. The Labute approximate surface area is 185 Å². The molecule has 168 valence electrons. The van der Waals surface area contributed by atoms with Crippen LogP contribution in [0.1, 0.15) is 39.1 Å². The summed E-state index contributed by atoms with van der Waals surface area (Å²) in [7, 11) is 0. The van der Waals surface area contributed by atoms with Gasteiger partial charge in [-0.2, -0.15) is 0 Å². The number of benzene rings is 2. The van der Waals surface area contributed by atoms with Gasteiger partial charge in [0.05, 0.1) is 24.1 Å². The number of hydrogen-bond acceptors (Lipinski definition) is 5. The molecule has 2 aromatic carbocycles. The third kappa shape index (κ3) is 4.22. The van der Waals surface area contributed by atoms with Gasteiger partial charge in [0.25, 0.3) is 0 Å². The minimum absolute atomic E-state index is 0.0267. The molecule has 8 heteroatoms. The topological polar surface area (TPSA) is 64.3 Å². The Morgan fingerprint density at radius 3 is 2.53 bits per heavy atom. The highest BCUT2D eigenvalue weighted by molar-refractivity contribution is 5.72. The van der Waals surface area contributed by atoms with Crippen molar-refractivity contribution in [3.63, 3.8) is 0 Å². The van der Waals surface area contributed by atoms with Crippen molar-refractivity contribution in [1.29, 1.82) is 0 Å². The summed E-state index contributed by atoms with van der Waals surface area (Å²) in [5, 5.41) is 0. The average Bonchev–Trinajstić information content (AvgIpc) is 2.71. The van der Waals surface area contributed by atoms with E-state index in [0.717, 1.165) is 6.20 Å². The number of hydrogen-bond donors (Lipinski definition) is 1. The van der Waals surface area contributed by atoms with Crippen LogP contribution in [0, 0.1) is 17.5 Å². The van der Waals surface area contributed by atoms with Crippen molar-refractivity contribution >= 4 is 11.4 Å². The second-order valence-electron chi connectivity index (χ2n) is 8.91. The Morgan fingerprint density at radius 1 is 1.09 bits per heavy atom. The van der Waals surface area contributed by atoms with E-state index in [9.17, 15) is 8.78 Å². The first-order valence-corrected chi connectivity index (χ1v) is 10.4. The van der Waals surface area contributed by atoms with Gasteiger partial charge in [-0.05, 0) is 57.5 Å². The molecule has 0 fully saturated rings. The van der Waals surface area contributed by atoms with Gasteiger partial charge in [-0.25, -0.2) is 23.1 Å². The minimum Gasteiger partial charge on any atom is -0.481 e. The molecule has 1 aromatic heterocycles. The lowest BCUT2D eigenvalue weighted by molar-refractivity contribution is 0.0967. The van der Waals surface area contributed by atoms with Crippen molar-refractivity contribution < 1.29 is 17.9 Å². The maximum atomic E-state index is 15.1. The Hall–Kier alpha value is -3.29. The molecule has 32 heavy (non-hydrogen) atoms. The summed E-state index contributed by atoms with van der Waals surface area (Å²) >= 11 is 0. The highest BCUT2D eigenvalue weighted by Gasteiger charge is 2.35. The molecule has 1 aliphatic heterocycles. The van der Waals surface area contributed by atoms with E-state index in [1.165, 1.54) is 18.2 Å². The maximum Gasteiger partial charge on any atom is 0.179 e. The standard InChI is InChI=1S/C24H25F3N4O/c1-13(2)31-12-24(3,4)32-23-17(26)9-15(10-20(23)31)22-18(27)11-29-21(30-22)8-14-5-6-19(28)16(25)7-14/h5-7,9-11,13H,8,12,28H2,1-4H3. The van der Waals surface area contributed by atoms with E-state index in [0.29, 0.717) is 17.8 Å². The van der Waals surface area contributed by atoms with Gasteiger partial charge in [-0.15, -0.1) is 0 Å². The maximum absolute atomic E-state index is 15.1. The number of nitrogens with two attached hydrogens (primary N) is 1. The number of fused-ring (bicyclic) bond motifs is 1. The van der Waals surface area contributed by atoms with Crippen LogP contribution in [0.4, 0.5) is 24.5 Å². The van der Waals surface area contributed by atoms with Gasteiger partial charge in [-0.1, -0.05) is 6.07 Å². The molecule has 2 heterocycles. The minimum atomic E-state index is -0.676. The van der Waals surface area contributed by atoms with E-state index >= 15 is 4.39 Å². The van der Waals surface area contributed by atoms with Gasteiger partial charge in [-0.3, -0.25) is 0 Å². The van der Waals surface area contributed by atoms with Crippen molar-refractivity contribution in [2.24, 2.45) is 0 Å². The highest BCUT2D eigenvalue weighted by atomic mass is 19.1. The van der Waals surface area contributed by atoms with E-state index in [-0.39, 0.29) is 41.0 Å².